The summed E-state index contributed by atoms with van der Waals surface area (Å²) in [5.74, 6) is -0.202. The summed E-state index contributed by atoms with van der Waals surface area (Å²) >= 11 is 0. The third kappa shape index (κ3) is 3.95. The van der Waals surface area contributed by atoms with Gasteiger partial charge in [-0.2, -0.15) is 0 Å². The standard InChI is InChI=1S/C16H16FNO3/c1-20-16(19)12-4-7-15(14(18)10-12)21-9-8-11-2-5-13(17)6-3-11/h2-7,10H,8-9,18H2,1H3. The second kappa shape index (κ2) is 6.74. The van der Waals surface area contributed by atoms with Gasteiger partial charge >= 0.3 is 5.97 Å². The Hall–Kier alpha value is -2.56. The predicted molar refractivity (Wildman–Crippen MR) is 77.8 cm³/mol. The number of ether oxygens (including phenoxy) is 2. The Morgan fingerprint density at radius 2 is 1.90 bits per heavy atom. The van der Waals surface area contributed by atoms with Gasteiger partial charge in [0.15, 0.2) is 0 Å². The fourth-order valence-electron chi connectivity index (χ4n) is 1.85. The number of nitrogen functional groups attached to an aromatic ring is 1. The molecule has 2 rings (SSSR count). The Morgan fingerprint density at radius 1 is 1.19 bits per heavy atom. The molecule has 0 saturated heterocycles. The molecule has 2 aromatic carbocycles. The highest BCUT2D eigenvalue weighted by molar-refractivity contribution is 5.90. The Bertz CT molecular complexity index is 626. The maximum absolute atomic E-state index is 12.8. The number of hydrogen-bond acceptors (Lipinski definition) is 4. The van der Waals surface area contributed by atoms with Crippen molar-refractivity contribution in [3.8, 4) is 5.75 Å². The van der Waals surface area contributed by atoms with Crippen LogP contribution in [0.1, 0.15) is 15.9 Å². The highest BCUT2D eigenvalue weighted by atomic mass is 19.1. The summed E-state index contributed by atoms with van der Waals surface area (Å²) in [6.45, 7) is 0.410. The summed E-state index contributed by atoms with van der Waals surface area (Å²) in [7, 11) is 1.31. The van der Waals surface area contributed by atoms with E-state index in [0.29, 0.717) is 30.0 Å². The van der Waals surface area contributed by atoms with Crippen molar-refractivity contribution >= 4 is 11.7 Å². The minimum atomic E-state index is -0.445. The van der Waals surface area contributed by atoms with Gasteiger partial charge < -0.3 is 15.2 Å². The molecule has 21 heavy (non-hydrogen) atoms. The third-order valence-corrected chi connectivity index (χ3v) is 2.99. The second-order valence-corrected chi connectivity index (χ2v) is 4.47. The molecule has 0 fully saturated rings. The lowest BCUT2D eigenvalue weighted by atomic mass is 10.1. The molecule has 0 atom stereocenters. The van der Waals surface area contributed by atoms with Crippen LogP contribution in [0.25, 0.3) is 0 Å². The first-order valence-electron chi connectivity index (χ1n) is 6.45. The van der Waals surface area contributed by atoms with Gasteiger partial charge in [0.05, 0.1) is 25.0 Å². The van der Waals surface area contributed by atoms with Crippen molar-refractivity contribution in [1.82, 2.24) is 0 Å². The Morgan fingerprint density at radius 3 is 2.52 bits per heavy atom. The number of anilines is 1. The molecule has 0 spiro atoms. The van der Waals surface area contributed by atoms with E-state index in [2.05, 4.69) is 4.74 Å². The number of methoxy groups -OCH3 is 1. The van der Waals surface area contributed by atoms with Crippen LogP contribution in [0.2, 0.25) is 0 Å². The molecular formula is C16H16FNO3. The summed E-state index contributed by atoms with van der Waals surface area (Å²) in [5.41, 5.74) is 7.55. The quantitative estimate of drug-likeness (QED) is 0.679. The van der Waals surface area contributed by atoms with E-state index < -0.39 is 5.97 Å². The minimum Gasteiger partial charge on any atom is -0.491 e. The zero-order valence-corrected chi connectivity index (χ0v) is 11.6. The van der Waals surface area contributed by atoms with E-state index in [0.717, 1.165) is 5.56 Å². The number of halogens is 1. The van der Waals surface area contributed by atoms with Gasteiger partial charge in [-0.3, -0.25) is 0 Å². The molecule has 2 aromatic rings. The molecule has 0 aliphatic carbocycles. The van der Waals surface area contributed by atoms with E-state index in [-0.39, 0.29) is 5.82 Å². The fraction of sp³-hybridized carbons (Fsp3) is 0.188. The minimum absolute atomic E-state index is 0.262. The number of carbonyl (C=O) groups is 1. The first-order valence-corrected chi connectivity index (χ1v) is 6.45. The van der Waals surface area contributed by atoms with E-state index >= 15 is 0 Å². The van der Waals surface area contributed by atoms with Crippen molar-refractivity contribution in [1.29, 1.82) is 0 Å². The molecule has 110 valence electrons. The van der Waals surface area contributed by atoms with Crippen molar-refractivity contribution in [2.24, 2.45) is 0 Å². The van der Waals surface area contributed by atoms with Gasteiger partial charge in [0, 0.05) is 6.42 Å². The smallest absolute Gasteiger partial charge is 0.337 e. The first kappa shape index (κ1) is 14.8. The lowest BCUT2D eigenvalue weighted by Crippen LogP contribution is -2.06. The largest absolute Gasteiger partial charge is 0.491 e. The normalized spacial score (nSPS) is 10.2. The van der Waals surface area contributed by atoms with E-state index in [4.69, 9.17) is 10.5 Å². The molecule has 0 aromatic heterocycles. The average Bonchev–Trinajstić information content (AvgIpc) is 2.50. The Labute approximate surface area is 122 Å². The van der Waals surface area contributed by atoms with Gasteiger partial charge in [-0.25, -0.2) is 9.18 Å². The third-order valence-electron chi connectivity index (χ3n) is 2.99. The number of carbonyl (C=O) groups excluding carboxylic acids is 1. The van der Waals surface area contributed by atoms with E-state index in [9.17, 15) is 9.18 Å². The zero-order chi connectivity index (χ0) is 15.2. The highest BCUT2D eigenvalue weighted by Crippen LogP contribution is 2.23. The molecule has 0 heterocycles. The summed E-state index contributed by atoms with van der Waals surface area (Å²) in [5, 5.41) is 0. The molecule has 0 unspecified atom stereocenters. The monoisotopic (exact) mass is 289 g/mol. The van der Waals surface area contributed by atoms with Crippen LogP contribution in [0, 0.1) is 5.82 Å². The van der Waals surface area contributed by atoms with Crippen molar-refractivity contribution in [3.63, 3.8) is 0 Å². The zero-order valence-electron chi connectivity index (χ0n) is 11.6. The van der Waals surface area contributed by atoms with E-state index in [1.807, 2.05) is 0 Å². The maximum Gasteiger partial charge on any atom is 0.337 e. The predicted octanol–water partition coefficient (Wildman–Crippen LogP) is 2.82. The van der Waals surface area contributed by atoms with Gasteiger partial charge in [-0.05, 0) is 35.9 Å². The van der Waals surface area contributed by atoms with E-state index in [1.165, 1.54) is 25.3 Å². The van der Waals surface area contributed by atoms with Crippen LogP contribution >= 0.6 is 0 Å². The lowest BCUT2D eigenvalue weighted by Gasteiger charge is -2.10. The number of benzene rings is 2. The number of hydrogen-bond donors (Lipinski definition) is 1. The Balaban J connectivity index is 1.94. The summed E-state index contributed by atoms with van der Waals surface area (Å²) < 4.78 is 23.0. The molecule has 2 N–H and O–H groups in total. The van der Waals surface area contributed by atoms with Crippen LogP contribution in [0.3, 0.4) is 0 Å². The molecule has 0 aliphatic rings. The number of rotatable bonds is 5. The van der Waals surface area contributed by atoms with Crippen LogP contribution in [0.15, 0.2) is 42.5 Å². The number of nitrogens with two attached hydrogens (primary N) is 1. The topological polar surface area (TPSA) is 61.5 Å². The van der Waals surface area contributed by atoms with Crippen LogP contribution in [0.4, 0.5) is 10.1 Å². The van der Waals surface area contributed by atoms with Crippen molar-refractivity contribution < 1.29 is 18.7 Å². The molecule has 4 nitrogen and oxygen atoms in total. The van der Waals surface area contributed by atoms with E-state index in [1.54, 1.807) is 24.3 Å². The van der Waals surface area contributed by atoms with Crippen molar-refractivity contribution in [3.05, 3.63) is 59.4 Å². The second-order valence-electron chi connectivity index (χ2n) is 4.47. The SMILES string of the molecule is COC(=O)c1ccc(OCCc2ccc(F)cc2)c(N)c1. The highest BCUT2D eigenvalue weighted by Gasteiger charge is 2.08. The van der Waals surface area contributed by atoms with Crippen molar-refractivity contribution in [2.45, 2.75) is 6.42 Å². The molecule has 5 heteroatoms. The van der Waals surface area contributed by atoms with Crippen LogP contribution < -0.4 is 10.5 Å². The van der Waals surface area contributed by atoms with Crippen LogP contribution in [0.5, 0.6) is 5.75 Å². The molecule has 0 amide bonds. The van der Waals surface area contributed by atoms with Gasteiger partial charge in [-0.15, -0.1) is 0 Å². The maximum atomic E-state index is 12.8. The summed E-state index contributed by atoms with van der Waals surface area (Å²) in [6.07, 6.45) is 0.637. The van der Waals surface area contributed by atoms with Crippen LogP contribution in [-0.4, -0.2) is 19.7 Å². The molecule has 0 saturated carbocycles. The van der Waals surface area contributed by atoms with Gasteiger partial charge in [0.25, 0.3) is 0 Å². The fourth-order valence-corrected chi connectivity index (χ4v) is 1.85. The molecule has 0 aliphatic heterocycles. The Kier molecular flexibility index (Phi) is 4.77. The first-order chi connectivity index (χ1) is 10.1. The lowest BCUT2D eigenvalue weighted by molar-refractivity contribution is 0.0601. The molecule has 0 bridgehead atoms. The van der Waals surface area contributed by atoms with Gasteiger partial charge in [0.2, 0.25) is 0 Å². The summed E-state index contributed by atoms with van der Waals surface area (Å²) in [4.78, 5) is 11.4. The average molecular weight is 289 g/mol. The summed E-state index contributed by atoms with van der Waals surface area (Å²) in [6, 6.07) is 11.0. The van der Waals surface area contributed by atoms with Gasteiger partial charge in [0.1, 0.15) is 11.6 Å². The van der Waals surface area contributed by atoms with Crippen LogP contribution in [-0.2, 0) is 11.2 Å². The van der Waals surface area contributed by atoms with Gasteiger partial charge in [-0.1, -0.05) is 12.1 Å². The van der Waals surface area contributed by atoms with Crippen molar-refractivity contribution in [2.75, 3.05) is 19.5 Å². The molecule has 0 radical (unpaired) electrons. The molecular weight excluding hydrogens is 273 g/mol. The number of esters is 1.